The molecule has 6 heteroatoms. The molecule has 0 radical (unpaired) electrons. The summed E-state index contributed by atoms with van der Waals surface area (Å²) in [5.74, 6) is 0.562. The van der Waals surface area contributed by atoms with Gasteiger partial charge in [-0.2, -0.15) is 5.10 Å². The second-order valence-corrected chi connectivity index (χ2v) is 2.96. The highest BCUT2D eigenvalue weighted by atomic mass is 16.3. The minimum atomic E-state index is -0.409. The van der Waals surface area contributed by atoms with Gasteiger partial charge in [-0.15, -0.1) is 0 Å². The highest BCUT2D eigenvalue weighted by molar-refractivity contribution is 5.87. The summed E-state index contributed by atoms with van der Waals surface area (Å²) in [4.78, 5) is 22.8. The van der Waals surface area contributed by atoms with Crippen LogP contribution in [0.2, 0.25) is 0 Å². The average Bonchev–Trinajstić information content (AvgIpc) is 2.85. The highest BCUT2D eigenvalue weighted by Crippen LogP contribution is 2.06. The molecule has 1 aliphatic heterocycles. The fourth-order valence-electron chi connectivity index (χ4n) is 1.24. The molecule has 1 saturated heterocycles. The highest BCUT2D eigenvalue weighted by Gasteiger charge is 2.27. The maximum Gasteiger partial charge on any atom is 0.347 e. The summed E-state index contributed by atoms with van der Waals surface area (Å²) in [5.41, 5.74) is 0. The van der Waals surface area contributed by atoms with Crippen LogP contribution in [0.4, 0.5) is 4.79 Å². The minimum Gasteiger partial charge on any atom is -0.463 e. The Morgan fingerprint density at radius 3 is 2.93 bits per heavy atom. The zero-order chi connectivity index (χ0) is 10.7. The smallest absolute Gasteiger partial charge is 0.347 e. The maximum atomic E-state index is 11.4. The molecular weight excluding hydrogens is 198 g/mol. The van der Waals surface area contributed by atoms with Gasteiger partial charge in [0.25, 0.3) is 0 Å². The van der Waals surface area contributed by atoms with E-state index in [4.69, 9.17) is 4.42 Å². The third-order valence-corrected chi connectivity index (χ3v) is 2.01. The monoisotopic (exact) mass is 207 g/mol. The number of rotatable bonds is 3. The second kappa shape index (κ2) is 3.95. The van der Waals surface area contributed by atoms with Crippen molar-refractivity contribution < 1.29 is 14.0 Å². The molecule has 6 nitrogen and oxygen atoms in total. The normalized spacial score (nSPS) is 16.7. The molecule has 0 spiro atoms. The van der Waals surface area contributed by atoms with Gasteiger partial charge in [0, 0.05) is 0 Å². The number of hydrazone groups is 1. The zero-order valence-electron chi connectivity index (χ0n) is 7.87. The lowest BCUT2D eigenvalue weighted by atomic mass is 10.5. The molecule has 2 rings (SSSR count). The lowest BCUT2D eigenvalue weighted by Crippen LogP contribution is -2.27. The quantitative estimate of drug-likeness (QED) is 0.535. The van der Waals surface area contributed by atoms with Crippen LogP contribution in [0.1, 0.15) is 5.76 Å². The summed E-state index contributed by atoms with van der Waals surface area (Å²) < 4.78 is 5.01. The first kappa shape index (κ1) is 9.45. The topological polar surface area (TPSA) is 66.1 Å². The molecule has 15 heavy (non-hydrogen) atoms. The molecule has 1 aliphatic rings. The fourth-order valence-corrected chi connectivity index (χ4v) is 1.24. The lowest BCUT2D eigenvalue weighted by Gasteiger charge is -2.07. The first-order chi connectivity index (χ1) is 7.31. The number of carbonyl (C=O) groups excluding carboxylic acids is 2. The number of nitrogens with zero attached hydrogens (tertiary/aromatic N) is 3. The Kier molecular flexibility index (Phi) is 2.49. The number of urea groups is 1. The van der Waals surface area contributed by atoms with E-state index in [1.165, 1.54) is 17.5 Å². The number of carbonyl (C=O) groups is 2. The Labute approximate surface area is 85.8 Å². The Morgan fingerprint density at radius 2 is 2.33 bits per heavy atom. The van der Waals surface area contributed by atoms with Crippen molar-refractivity contribution in [1.29, 1.82) is 0 Å². The van der Waals surface area contributed by atoms with Gasteiger partial charge in [0.15, 0.2) is 0 Å². The number of furan rings is 1. The molecule has 0 atom stereocenters. The standard InChI is InChI=1S/C9H9N3O3/c13-7-11-3-4-12(9(11)14)10-6-8-2-1-5-15-8/h1-2,5-7H,3-4H2. The van der Waals surface area contributed by atoms with Crippen molar-refractivity contribution in [1.82, 2.24) is 9.91 Å². The molecule has 3 amide bonds. The summed E-state index contributed by atoms with van der Waals surface area (Å²) in [7, 11) is 0. The summed E-state index contributed by atoms with van der Waals surface area (Å²) >= 11 is 0. The van der Waals surface area contributed by atoms with Crippen molar-refractivity contribution in [3.8, 4) is 0 Å². The molecule has 0 unspecified atom stereocenters. The maximum absolute atomic E-state index is 11.4. The van der Waals surface area contributed by atoms with Gasteiger partial charge in [0.1, 0.15) is 5.76 Å². The van der Waals surface area contributed by atoms with Crippen LogP contribution in [0, 0.1) is 0 Å². The van der Waals surface area contributed by atoms with E-state index < -0.39 is 6.03 Å². The van der Waals surface area contributed by atoms with Crippen molar-refractivity contribution in [2.24, 2.45) is 5.10 Å². The SMILES string of the molecule is O=CN1CCN(N=Cc2ccco2)C1=O. The van der Waals surface area contributed by atoms with Crippen LogP contribution in [0.5, 0.6) is 0 Å². The van der Waals surface area contributed by atoms with Crippen molar-refractivity contribution >= 4 is 18.7 Å². The van der Waals surface area contributed by atoms with Crippen molar-refractivity contribution in [2.45, 2.75) is 0 Å². The van der Waals surface area contributed by atoms with E-state index >= 15 is 0 Å². The van der Waals surface area contributed by atoms with Crippen LogP contribution in [0.25, 0.3) is 0 Å². The number of imide groups is 1. The van der Waals surface area contributed by atoms with Crippen molar-refractivity contribution in [3.05, 3.63) is 24.2 Å². The van der Waals surface area contributed by atoms with E-state index in [0.717, 1.165) is 4.90 Å². The zero-order valence-corrected chi connectivity index (χ0v) is 7.87. The van der Waals surface area contributed by atoms with E-state index in [-0.39, 0.29) is 0 Å². The Balaban J connectivity index is 2.02. The van der Waals surface area contributed by atoms with Crippen molar-refractivity contribution in [3.63, 3.8) is 0 Å². The second-order valence-electron chi connectivity index (χ2n) is 2.96. The van der Waals surface area contributed by atoms with Crippen molar-refractivity contribution in [2.75, 3.05) is 13.1 Å². The van der Waals surface area contributed by atoms with Gasteiger partial charge in [-0.05, 0) is 12.1 Å². The summed E-state index contributed by atoms with van der Waals surface area (Å²) in [6.45, 7) is 0.784. The molecule has 0 N–H and O–H groups in total. The molecule has 78 valence electrons. The Hall–Kier alpha value is -2.11. The lowest BCUT2D eigenvalue weighted by molar-refractivity contribution is -0.115. The van der Waals surface area contributed by atoms with Gasteiger partial charge in [-0.25, -0.2) is 9.80 Å². The van der Waals surface area contributed by atoms with Crippen LogP contribution in [-0.4, -0.2) is 41.7 Å². The predicted molar refractivity (Wildman–Crippen MR) is 51.2 cm³/mol. The minimum absolute atomic E-state index is 0.373. The summed E-state index contributed by atoms with van der Waals surface area (Å²) in [5, 5.41) is 5.13. The number of amides is 3. The molecule has 0 aliphatic carbocycles. The van der Waals surface area contributed by atoms with Gasteiger partial charge in [-0.1, -0.05) is 0 Å². The molecular formula is C9H9N3O3. The third kappa shape index (κ3) is 1.88. The van der Waals surface area contributed by atoms with E-state index in [2.05, 4.69) is 5.10 Å². The first-order valence-corrected chi connectivity index (χ1v) is 4.42. The van der Waals surface area contributed by atoms with Gasteiger partial charge in [0.2, 0.25) is 6.41 Å². The molecule has 2 heterocycles. The summed E-state index contributed by atoms with van der Waals surface area (Å²) in [6, 6.07) is 3.04. The third-order valence-electron chi connectivity index (χ3n) is 2.01. The Morgan fingerprint density at radius 1 is 1.47 bits per heavy atom. The van der Waals surface area contributed by atoms with Crippen LogP contribution < -0.4 is 0 Å². The Bertz CT molecular complexity index is 385. The molecule has 0 saturated carbocycles. The van der Waals surface area contributed by atoms with Gasteiger partial charge in [0.05, 0.1) is 25.6 Å². The average molecular weight is 207 g/mol. The molecule has 0 bridgehead atoms. The number of hydrogen-bond acceptors (Lipinski definition) is 4. The van der Waals surface area contributed by atoms with E-state index in [1.807, 2.05) is 0 Å². The molecule has 1 fully saturated rings. The van der Waals surface area contributed by atoms with Crippen LogP contribution in [0.15, 0.2) is 27.9 Å². The van der Waals surface area contributed by atoms with Crippen LogP contribution >= 0.6 is 0 Å². The largest absolute Gasteiger partial charge is 0.463 e. The van der Waals surface area contributed by atoms with Crippen LogP contribution in [0.3, 0.4) is 0 Å². The van der Waals surface area contributed by atoms with Crippen LogP contribution in [-0.2, 0) is 4.79 Å². The first-order valence-electron chi connectivity index (χ1n) is 4.42. The van der Waals surface area contributed by atoms with Gasteiger partial charge >= 0.3 is 6.03 Å². The molecule has 1 aromatic rings. The number of hydrogen-bond donors (Lipinski definition) is 0. The predicted octanol–water partition coefficient (Wildman–Crippen LogP) is 0.507. The molecule has 1 aromatic heterocycles. The fraction of sp³-hybridized carbons (Fsp3) is 0.222. The van der Waals surface area contributed by atoms with E-state index in [0.29, 0.717) is 25.3 Å². The van der Waals surface area contributed by atoms with Gasteiger partial charge in [-0.3, -0.25) is 9.69 Å². The summed E-state index contributed by atoms with van der Waals surface area (Å²) in [6.07, 6.45) is 3.46. The molecule has 0 aromatic carbocycles. The van der Waals surface area contributed by atoms with E-state index in [9.17, 15) is 9.59 Å². The van der Waals surface area contributed by atoms with Gasteiger partial charge < -0.3 is 4.42 Å². The van der Waals surface area contributed by atoms with E-state index in [1.54, 1.807) is 12.1 Å².